The molecule has 0 aromatic carbocycles. The lowest BCUT2D eigenvalue weighted by Crippen LogP contribution is -2.31. The van der Waals surface area contributed by atoms with Crippen LogP contribution in [0.25, 0.3) is 0 Å². The summed E-state index contributed by atoms with van der Waals surface area (Å²) in [5, 5.41) is 6.36. The Labute approximate surface area is 92.0 Å². The molecule has 1 aromatic heterocycles. The average Bonchev–Trinajstić information content (AvgIpc) is 2.97. The van der Waals surface area contributed by atoms with Gasteiger partial charge >= 0.3 is 0 Å². The first-order valence-corrected chi connectivity index (χ1v) is 5.47. The van der Waals surface area contributed by atoms with Crippen LogP contribution in [-0.2, 0) is 16.1 Å². The fourth-order valence-electron chi connectivity index (χ4n) is 2.67. The van der Waals surface area contributed by atoms with Crippen LogP contribution in [0.5, 0.6) is 0 Å². The summed E-state index contributed by atoms with van der Waals surface area (Å²) in [7, 11) is 0. The van der Waals surface area contributed by atoms with Crippen LogP contribution in [-0.4, -0.2) is 31.9 Å². The molecule has 2 fully saturated rings. The molecule has 2 amide bonds. The van der Waals surface area contributed by atoms with Gasteiger partial charge in [0.25, 0.3) is 0 Å². The van der Waals surface area contributed by atoms with Gasteiger partial charge in [-0.3, -0.25) is 19.6 Å². The largest absolute Gasteiger partial charge is 0.274 e. The number of carbonyl (C=O) groups excluding carboxylic acids is 2. The number of H-pyrrole nitrogens is 1. The first kappa shape index (κ1) is 9.50. The zero-order chi connectivity index (χ0) is 11.1. The van der Waals surface area contributed by atoms with Crippen LogP contribution in [0.2, 0.25) is 0 Å². The van der Waals surface area contributed by atoms with Gasteiger partial charge in [0.15, 0.2) is 0 Å². The van der Waals surface area contributed by atoms with Crippen molar-refractivity contribution in [3.63, 3.8) is 0 Å². The summed E-state index contributed by atoms with van der Waals surface area (Å²) in [5.41, 5.74) is 0. The molecule has 1 saturated heterocycles. The first-order chi connectivity index (χ1) is 7.77. The van der Waals surface area contributed by atoms with E-state index in [1.54, 1.807) is 0 Å². The van der Waals surface area contributed by atoms with Crippen LogP contribution in [0.3, 0.4) is 0 Å². The predicted octanol–water partition coefficient (Wildman–Crippen LogP) is 0.0898. The number of aromatic amines is 1. The second-order valence-electron chi connectivity index (χ2n) is 4.34. The minimum Gasteiger partial charge on any atom is -0.274 e. The number of rotatable bonds is 2. The van der Waals surface area contributed by atoms with Crippen molar-refractivity contribution in [1.29, 1.82) is 0 Å². The quantitative estimate of drug-likeness (QED) is 0.716. The fraction of sp³-hybridized carbons (Fsp3) is 0.600. The summed E-state index contributed by atoms with van der Waals surface area (Å²) in [6.45, 7) is 0.227. The molecule has 1 saturated carbocycles. The summed E-state index contributed by atoms with van der Waals surface area (Å²) in [6.07, 6.45) is 4.06. The Hall–Kier alpha value is -1.72. The van der Waals surface area contributed by atoms with Gasteiger partial charge in [-0.25, -0.2) is 4.98 Å². The van der Waals surface area contributed by atoms with Gasteiger partial charge in [0, 0.05) is 0 Å². The highest BCUT2D eigenvalue weighted by molar-refractivity contribution is 6.05. The highest BCUT2D eigenvalue weighted by Gasteiger charge is 2.49. The van der Waals surface area contributed by atoms with E-state index in [0.29, 0.717) is 5.82 Å². The Morgan fingerprint density at radius 1 is 1.31 bits per heavy atom. The fourth-order valence-corrected chi connectivity index (χ4v) is 2.67. The normalized spacial score (nSPS) is 28.9. The van der Waals surface area contributed by atoms with E-state index in [4.69, 9.17) is 0 Å². The second-order valence-corrected chi connectivity index (χ2v) is 4.34. The van der Waals surface area contributed by atoms with Crippen LogP contribution in [0.15, 0.2) is 6.33 Å². The molecule has 2 aliphatic rings. The van der Waals surface area contributed by atoms with Gasteiger partial charge in [-0.15, -0.1) is 0 Å². The molecule has 2 unspecified atom stereocenters. The van der Waals surface area contributed by atoms with Gasteiger partial charge in [0.05, 0.1) is 18.4 Å². The molecule has 84 valence electrons. The number of amides is 2. The van der Waals surface area contributed by atoms with Crippen LogP contribution in [0.1, 0.15) is 25.1 Å². The number of likely N-dealkylation sites (tertiary alicyclic amines) is 1. The molecular weight excluding hydrogens is 208 g/mol. The molecule has 1 aliphatic heterocycles. The molecule has 6 heteroatoms. The molecule has 16 heavy (non-hydrogen) atoms. The number of nitrogens with one attached hydrogen (secondary N) is 1. The van der Waals surface area contributed by atoms with Gasteiger partial charge < -0.3 is 0 Å². The summed E-state index contributed by atoms with van der Waals surface area (Å²) < 4.78 is 0. The van der Waals surface area contributed by atoms with Crippen molar-refractivity contribution in [3.05, 3.63) is 12.2 Å². The van der Waals surface area contributed by atoms with Gasteiger partial charge in [-0.05, 0) is 12.8 Å². The van der Waals surface area contributed by atoms with Crippen molar-refractivity contribution in [1.82, 2.24) is 20.1 Å². The molecule has 0 spiro atoms. The van der Waals surface area contributed by atoms with E-state index < -0.39 is 0 Å². The lowest BCUT2D eigenvalue weighted by molar-refractivity contribution is -0.141. The predicted molar refractivity (Wildman–Crippen MR) is 52.8 cm³/mol. The molecule has 2 atom stereocenters. The lowest BCUT2D eigenvalue weighted by Gasteiger charge is -2.13. The van der Waals surface area contributed by atoms with Gasteiger partial charge in [0.2, 0.25) is 11.8 Å². The highest BCUT2D eigenvalue weighted by atomic mass is 16.2. The van der Waals surface area contributed by atoms with Crippen molar-refractivity contribution in [2.45, 2.75) is 25.8 Å². The van der Waals surface area contributed by atoms with Gasteiger partial charge in [0.1, 0.15) is 12.2 Å². The minimum atomic E-state index is -0.0737. The number of imide groups is 1. The van der Waals surface area contributed by atoms with E-state index in [1.165, 1.54) is 11.2 Å². The van der Waals surface area contributed by atoms with Crippen LogP contribution < -0.4 is 0 Å². The van der Waals surface area contributed by atoms with E-state index in [-0.39, 0.29) is 30.2 Å². The topological polar surface area (TPSA) is 79.0 Å². The standard InChI is InChI=1S/C10H12N4O2/c15-9-6-2-1-3-7(6)10(16)14(9)4-8-11-5-12-13-8/h5-7H,1-4H2,(H,11,12,13). The molecule has 6 nitrogen and oxygen atoms in total. The lowest BCUT2D eigenvalue weighted by atomic mass is 10.00. The highest BCUT2D eigenvalue weighted by Crippen LogP contribution is 2.39. The number of hydrogen-bond acceptors (Lipinski definition) is 4. The van der Waals surface area contributed by atoms with E-state index >= 15 is 0 Å². The van der Waals surface area contributed by atoms with E-state index in [2.05, 4.69) is 15.2 Å². The van der Waals surface area contributed by atoms with Crippen molar-refractivity contribution in [3.8, 4) is 0 Å². The number of hydrogen-bond donors (Lipinski definition) is 1. The Morgan fingerprint density at radius 2 is 2.00 bits per heavy atom. The summed E-state index contributed by atoms with van der Waals surface area (Å²) in [4.78, 5) is 29.2. The molecule has 1 aromatic rings. The zero-order valence-electron chi connectivity index (χ0n) is 8.72. The molecular formula is C10H12N4O2. The van der Waals surface area contributed by atoms with Crippen molar-refractivity contribution >= 4 is 11.8 Å². The average molecular weight is 220 g/mol. The first-order valence-electron chi connectivity index (χ1n) is 5.47. The summed E-state index contributed by atoms with van der Waals surface area (Å²) >= 11 is 0. The van der Waals surface area contributed by atoms with Crippen LogP contribution in [0.4, 0.5) is 0 Å². The Kier molecular flexibility index (Phi) is 2.02. The molecule has 0 radical (unpaired) electrons. The number of nitrogens with zero attached hydrogens (tertiary/aromatic N) is 3. The van der Waals surface area contributed by atoms with Gasteiger partial charge in [-0.2, -0.15) is 5.10 Å². The molecule has 2 heterocycles. The minimum absolute atomic E-state index is 0.0381. The third-order valence-electron chi connectivity index (χ3n) is 3.46. The van der Waals surface area contributed by atoms with Crippen molar-refractivity contribution in [2.75, 3.05) is 0 Å². The van der Waals surface area contributed by atoms with Crippen LogP contribution >= 0.6 is 0 Å². The maximum Gasteiger partial charge on any atom is 0.233 e. The van der Waals surface area contributed by atoms with Gasteiger partial charge in [-0.1, -0.05) is 6.42 Å². The molecule has 1 aliphatic carbocycles. The van der Waals surface area contributed by atoms with E-state index in [9.17, 15) is 9.59 Å². The Balaban J connectivity index is 1.81. The zero-order valence-corrected chi connectivity index (χ0v) is 8.72. The van der Waals surface area contributed by atoms with Crippen LogP contribution in [0, 0.1) is 11.8 Å². The molecule has 1 N–H and O–H groups in total. The molecule has 0 bridgehead atoms. The Morgan fingerprint density at radius 3 is 2.56 bits per heavy atom. The number of aromatic nitrogens is 3. The van der Waals surface area contributed by atoms with E-state index in [1.807, 2.05) is 0 Å². The van der Waals surface area contributed by atoms with Crippen molar-refractivity contribution < 1.29 is 9.59 Å². The molecule has 3 rings (SSSR count). The summed E-state index contributed by atoms with van der Waals surface area (Å²) in [5.74, 6) is 0.334. The number of carbonyl (C=O) groups is 2. The maximum absolute atomic E-state index is 12.0. The third kappa shape index (κ3) is 1.26. The van der Waals surface area contributed by atoms with E-state index in [0.717, 1.165) is 19.3 Å². The smallest absolute Gasteiger partial charge is 0.233 e. The third-order valence-corrected chi connectivity index (χ3v) is 3.46. The van der Waals surface area contributed by atoms with Crippen molar-refractivity contribution in [2.24, 2.45) is 11.8 Å². The monoisotopic (exact) mass is 220 g/mol. The number of fused-ring (bicyclic) bond motifs is 1. The Bertz CT molecular complexity index is 406. The maximum atomic E-state index is 12.0. The SMILES string of the molecule is O=C1C2CCCC2C(=O)N1Cc1ncn[nH]1. The summed E-state index contributed by atoms with van der Waals surface area (Å²) in [6, 6.07) is 0. The second kappa shape index (κ2) is 3.40.